The molecule has 27 heavy (non-hydrogen) atoms. The van der Waals surface area contributed by atoms with Crippen molar-refractivity contribution in [2.45, 2.75) is 13.8 Å². The second kappa shape index (κ2) is 7.20. The highest BCUT2D eigenvalue weighted by Crippen LogP contribution is 2.24. The van der Waals surface area contributed by atoms with Crippen LogP contribution in [0.4, 0.5) is 0 Å². The molecule has 0 saturated carbocycles. The lowest BCUT2D eigenvalue weighted by molar-refractivity contribution is 0.0954. The minimum Gasteiger partial charge on any atom is -0.504 e. The van der Waals surface area contributed by atoms with Gasteiger partial charge in [-0.1, -0.05) is 18.2 Å². The molecule has 4 N–H and O–H groups in total. The average molecular weight is 366 g/mol. The fourth-order valence-corrected chi connectivity index (χ4v) is 2.65. The number of amides is 1. The van der Waals surface area contributed by atoms with Gasteiger partial charge in [0.05, 0.1) is 17.0 Å². The van der Waals surface area contributed by atoms with Gasteiger partial charge in [0.25, 0.3) is 11.5 Å². The van der Waals surface area contributed by atoms with Crippen molar-refractivity contribution in [3.05, 3.63) is 75.7 Å². The number of carbonyl (C=O) groups excluding carboxylic acids is 1. The Morgan fingerprint density at radius 1 is 1.11 bits per heavy atom. The lowest BCUT2D eigenvalue weighted by atomic mass is 10.2. The Labute approximate surface area is 154 Å². The molecule has 1 aromatic heterocycles. The minimum atomic E-state index is -0.582. The van der Waals surface area contributed by atoms with Crippen molar-refractivity contribution in [3.8, 4) is 17.2 Å². The number of hydrogen-bond donors (Lipinski definition) is 4. The number of H-pyrrole nitrogens is 1. The van der Waals surface area contributed by atoms with Crippen LogP contribution in [-0.4, -0.2) is 31.6 Å². The topological polar surface area (TPSA) is 120 Å². The molecule has 138 valence electrons. The van der Waals surface area contributed by atoms with Gasteiger partial charge >= 0.3 is 0 Å². The molecule has 0 unspecified atom stereocenters. The summed E-state index contributed by atoms with van der Waals surface area (Å²) in [6.07, 6.45) is 0. The smallest absolute Gasteiger partial charge is 0.280 e. The van der Waals surface area contributed by atoms with Gasteiger partial charge in [-0.05, 0) is 44.2 Å². The first-order valence-corrected chi connectivity index (χ1v) is 8.12. The van der Waals surface area contributed by atoms with Gasteiger partial charge in [0.2, 0.25) is 0 Å². The number of phenols is 2. The molecule has 0 saturated heterocycles. The average Bonchev–Trinajstić information content (AvgIpc) is 2.96. The summed E-state index contributed by atoms with van der Waals surface area (Å²) >= 11 is 0. The van der Waals surface area contributed by atoms with E-state index in [1.165, 1.54) is 16.8 Å². The fourth-order valence-electron chi connectivity index (χ4n) is 2.65. The van der Waals surface area contributed by atoms with Gasteiger partial charge in [0.1, 0.15) is 0 Å². The van der Waals surface area contributed by atoms with Crippen LogP contribution in [0.5, 0.6) is 11.5 Å². The first-order chi connectivity index (χ1) is 12.9. The Balaban J connectivity index is 1.86. The van der Waals surface area contributed by atoms with E-state index in [9.17, 15) is 19.8 Å². The van der Waals surface area contributed by atoms with Crippen molar-refractivity contribution in [2.24, 2.45) is 5.10 Å². The maximum Gasteiger partial charge on any atom is 0.280 e. The normalized spacial score (nSPS) is 11.4. The lowest BCUT2D eigenvalue weighted by Crippen LogP contribution is -2.23. The summed E-state index contributed by atoms with van der Waals surface area (Å²) in [4.78, 5) is 24.8. The van der Waals surface area contributed by atoms with Gasteiger partial charge in [-0.25, -0.2) is 10.1 Å². The molecule has 0 aliphatic heterocycles. The third kappa shape index (κ3) is 3.59. The number of hydrazone groups is 1. The predicted molar refractivity (Wildman–Crippen MR) is 101 cm³/mol. The van der Waals surface area contributed by atoms with E-state index in [-0.39, 0.29) is 16.9 Å². The Morgan fingerprint density at radius 2 is 1.81 bits per heavy atom. The summed E-state index contributed by atoms with van der Waals surface area (Å²) in [6.45, 7) is 3.36. The zero-order valence-electron chi connectivity index (χ0n) is 14.7. The Morgan fingerprint density at radius 3 is 2.48 bits per heavy atom. The van der Waals surface area contributed by atoms with Gasteiger partial charge in [0.15, 0.2) is 11.5 Å². The summed E-state index contributed by atoms with van der Waals surface area (Å²) in [6, 6.07) is 12.8. The van der Waals surface area contributed by atoms with Crippen LogP contribution in [0.3, 0.4) is 0 Å². The molecule has 8 nitrogen and oxygen atoms in total. The van der Waals surface area contributed by atoms with E-state index >= 15 is 0 Å². The number of para-hydroxylation sites is 1. The standard InChI is InChI=1S/C19H18N4O4/c1-11(20-21-18(26)13-8-9-15(24)16(25)10-13)17-12(2)22-23(19(17)27)14-6-4-3-5-7-14/h3-10,22,24-25H,1-2H3,(H,21,26)/b20-11+. The number of nitrogens with zero attached hydrogens (tertiary/aromatic N) is 2. The number of aromatic amines is 1. The number of phenolic OH excluding ortho intramolecular Hbond substituents is 2. The Hall–Kier alpha value is -3.81. The summed E-state index contributed by atoms with van der Waals surface area (Å²) in [5, 5.41) is 25.8. The van der Waals surface area contributed by atoms with Crippen molar-refractivity contribution >= 4 is 11.6 Å². The molecule has 0 aliphatic carbocycles. The summed E-state index contributed by atoms with van der Waals surface area (Å²) in [5.74, 6) is -1.31. The van der Waals surface area contributed by atoms with E-state index in [0.29, 0.717) is 22.7 Å². The molecule has 3 aromatic rings. The van der Waals surface area contributed by atoms with Crippen LogP contribution in [-0.2, 0) is 0 Å². The molecule has 8 heteroatoms. The van der Waals surface area contributed by atoms with E-state index < -0.39 is 11.7 Å². The summed E-state index contributed by atoms with van der Waals surface area (Å²) < 4.78 is 1.41. The SMILES string of the molecule is C/C(=N\NC(=O)c1ccc(O)c(O)c1)c1c(C)[nH]n(-c2ccccc2)c1=O. The van der Waals surface area contributed by atoms with Gasteiger partial charge in [-0.15, -0.1) is 0 Å². The summed E-state index contributed by atoms with van der Waals surface area (Å²) in [5.41, 5.74) is 4.17. The summed E-state index contributed by atoms with van der Waals surface area (Å²) in [7, 11) is 0. The number of aryl methyl sites for hydroxylation is 1. The molecule has 0 spiro atoms. The molecule has 0 atom stereocenters. The zero-order valence-corrected chi connectivity index (χ0v) is 14.7. The van der Waals surface area contributed by atoms with E-state index in [2.05, 4.69) is 15.6 Å². The Kier molecular flexibility index (Phi) is 4.80. The Bertz CT molecular complexity index is 1080. The number of aromatic nitrogens is 2. The predicted octanol–water partition coefficient (Wildman–Crippen LogP) is 2.04. The molecule has 1 amide bonds. The zero-order chi connectivity index (χ0) is 19.6. The quantitative estimate of drug-likeness (QED) is 0.321. The third-order valence-electron chi connectivity index (χ3n) is 4.01. The molecule has 2 aromatic carbocycles. The number of aromatic hydroxyl groups is 2. The number of rotatable bonds is 4. The maximum absolute atomic E-state index is 12.7. The monoisotopic (exact) mass is 366 g/mol. The van der Waals surface area contributed by atoms with Crippen LogP contribution in [0.15, 0.2) is 58.4 Å². The van der Waals surface area contributed by atoms with Crippen LogP contribution in [0, 0.1) is 6.92 Å². The van der Waals surface area contributed by atoms with Crippen LogP contribution < -0.4 is 11.0 Å². The highest BCUT2D eigenvalue weighted by Gasteiger charge is 2.15. The number of carbonyl (C=O) groups is 1. The molecule has 0 aliphatic rings. The first-order valence-electron chi connectivity index (χ1n) is 8.12. The minimum absolute atomic E-state index is 0.120. The van der Waals surface area contributed by atoms with Gasteiger partial charge < -0.3 is 10.2 Å². The van der Waals surface area contributed by atoms with Gasteiger partial charge in [0, 0.05) is 11.3 Å². The van der Waals surface area contributed by atoms with Crippen molar-refractivity contribution in [1.29, 1.82) is 0 Å². The second-order valence-electron chi connectivity index (χ2n) is 5.93. The molecular weight excluding hydrogens is 348 g/mol. The molecule has 0 bridgehead atoms. The number of nitrogens with one attached hydrogen (secondary N) is 2. The molecule has 0 radical (unpaired) electrons. The molecule has 0 fully saturated rings. The van der Waals surface area contributed by atoms with E-state index in [0.717, 1.165) is 6.07 Å². The molecule has 1 heterocycles. The van der Waals surface area contributed by atoms with Gasteiger partial charge in [-0.2, -0.15) is 5.10 Å². The van der Waals surface area contributed by atoms with Crippen molar-refractivity contribution in [3.63, 3.8) is 0 Å². The van der Waals surface area contributed by atoms with Gasteiger partial charge in [-0.3, -0.25) is 14.7 Å². The van der Waals surface area contributed by atoms with E-state index in [1.54, 1.807) is 26.0 Å². The van der Waals surface area contributed by atoms with E-state index in [4.69, 9.17) is 0 Å². The molecular formula is C19H18N4O4. The second-order valence-corrected chi connectivity index (χ2v) is 5.93. The van der Waals surface area contributed by atoms with Crippen LogP contribution in [0.1, 0.15) is 28.5 Å². The molecule has 3 rings (SSSR count). The third-order valence-corrected chi connectivity index (χ3v) is 4.01. The number of benzene rings is 2. The largest absolute Gasteiger partial charge is 0.504 e. The van der Waals surface area contributed by atoms with Crippen molar-refractivity contribution in [1.82, 2.24) is 15.2 Å². The van der Waals surface area contributed by atoms with Crippen LogP contribution >= 0.6 is 0 Å². The maximum atomic E-state index is 12.7. The number of hydrogen-bond acceptors (Lipinski definition) is 5. The van der Waals surface area contributed by atoms with Crippen LogP contribution in [0.2, 0.25) is 0 Å². The lowest BCUT2D eigenvalue weighted by Gasteiger charge is -2.03. The van der Waals surface area contributed by atoms with Crippen molar-refractivity contribution < 1.29 is 15.0 Å². The fraction of sp³-hybridized carbons (Fsp3) is 0.105. The van der Waals surface area contributed by atoms with E-state index in [1.807, 2.05) is 18.2 Å². The van der Waals surface area contributed by atoms with Crippen molar-refractivity contribution in [2.75, 3.05) is 0 Å². The highest BCUT2D eigenvalue weighted by atomic mass is 16.3. The first kappa shape index (κ1) is 18.0. The highest BCUT2D eigenvalue weighted by molar-refractivity contribution is 6.01. The van der Waals surface area contributed by atoms with Crippen LogP contribution in [0.25, 0.3) is 5.69 Å².